The quantitative estimate of drug-likeness (QED) is 0.457. The number of esters is 1. The van der Waals surface area contributed by atoms with Gasteiger partial charge >= 0.3 is 11.7 Å². The van der Waals surface area contributed by atoms with Crippen molar-refractivity contribution in [2.24, 2.45) is 0 Å². The summed E-state index contributed by atoms with van der Waals surface area (Å²) >= 11 is 0. The highest BCUT2D eigenvalue weighted by molar-refractivity contribution is 5.94. The van der Waals surface area contributed by atoms with E-state index in [0.717, 1.165) is 0 Å². The Labute approximate surface area is 147 Å². The van der Waals surface area contributed by atoms with Gasteiger partial charge in [0.25, 0.3) is 0 Å². The number of anilines is 3. The molecule has 11 nitrogen and oxygen atoms in total. The maximum atomic E-state index is 12.0. The van der Waals surface area contributed by atoms with E-state index in [1.165, 1.54) is 0 Å². The molecule has 0 unspecified atom stereocenters. The molecule has 1 aliphatic heterocycles. The average Bonchev–Trinajstić information content (AvgIpc) is 2.61. The number of ether oxygens (including phenoxy) is 3. The predicted molar refractivity (Wildman–Crippen MR) is 89.8 cm³/mol. The Morgan fingerprint density at radius 3 is 2.77 bits per heavy atom. The lowest BCUT2D eigenvalue weighted by Gasteiger charge is -2.19. The van der Waals surface area contributed by atoms with E-state index in [4.69, 9.17) is 19.9 Å². The highest BCUT2D eigenvalue weighted by atomic mass is 16.6. The van der Waals surface area contributed by atoms with Crippen LogP contribution in [0.25, 0.3) is 0 Å². The second kappa shape index (κ2) is 7.09. The van der Waals surface area contributed by atoms with E-state index < -0.39 is 28.1 Å². The zero-order valence-corrected chi connectivity index (χ0v) is 13.7. The summed E-state index contributed by atoms with van der Waals surface area (Å²) in [5, 5.41) is 14.0. The van der Waals surface area contributed by atoms with Crippen LogP contribution in [0.15, 0.2) is 18.2 Å². The maximum Gasteiger partial charge on any atom is 0.364 e. The van der Waals surface area contributed by atoms with Crippen LogP contribution in [-0.4, -0.2) is 40.7 Å². The van der Waals surface area contributed by atoms with E-state index in [0.29, 0.717) is 30.4 Å². The van der Waals surface area contributed by atoms with Gasteiger partial charge in [0.05, 0.1) is 11.5 Å². The Morgan fingerprint density at radius 1 is 1.35 bits per heavy atom. The fourth-order valence-corrected chi connectivity index (χ4v) is 2.30. The molecule has 0 radical (unpaired) electrons. The number of hydrogen-bond acceptors (Lipinski definition) is 10. The SMILES string of the molecule is CCOC(=O)c1nc(Nc2ccc3c(c2)OCCO3)nc(N)c1[N+](=O)[O-]. The number of carbonyl (C=O) groups is 1. The van der Waals surface area contributed by atoms with Gasteiger partial charge in [-0.15, -0.1) is 0 Å². The van der Waals surface area contributed by atoms with Crippen LogP contribution in [0.2, 0.25) is 0 Å². The summed E-state index contributed by atoms with van der Waals surface area (Å²) in [4.78, 5) is 30.1. The van der Waals surface area contributed by atoms with E-state index >= 15 is 0 Å². The third-order valence-electron chi connectivity index (χ3n) is 3.36. The highest BCUT2D eigenvalue weighted by Gasteiger charge is 2.29. The van der Waals surface area contributed by atoms with Crippen LogP contribution >= 0.6 is 0 Å². The summed E-state index contributed by atoms with van der Waals surface area (Å²) < 4.78 is 15.7. The van der Waals surface area contributed by atoms with Crippen LogP contribution in [0.1, 0.15) is 17.4 Å². The molecular formula is C15H15N5O6. The van der Waals surface area contributed by atoms with E-state index in [1.807, 2.05) is 0 Å². The Hall–Kier alpha value is -3.63. The van der Waals surface area contributed by atoms with E-state index in [2.05, 4.69) is 15.3 Å². The van der Waals surface area contributed by atoms with Gasteiger partial charge in [-0.3, -0.25) is 10.1 Å². The van der Waals surface area contributed by atoms with Gasteiger partial charge in [-0.2, -0.15) is 9.97 Å². The Morgan fingerprint density at radius 2 is 2.08 bits per heavy atom. The number of hydrogen-bond donors (Lipinski definition) is 2. The molecule has 11 heteroatoms. The van der Waals surface area contributed by atoms with Crippen LogP contribution < -0.4 is 20.5 Å². The summed E-state index contributed by atoms with van der Waals surface area (Å²) in [6, 6.07) is 5.02. The minimum absolute atomic E-state index is 0.0326. The van der Waals surface area contributed by atoms with Crippen molar-refractivity contribution in [3.8, 4) is 11.5 Å². The number of aromatic nitrogens is 2. The number of nitrogen functional groups attached to an aromatic ring is 1. The molecule has 0 atom stereocenters. The van der Waals surface area contributed by atoms with Gasteiger partial charge in [-0.05, 0) is 19.1 Å². The lowest BCUT2D eigenvalue weighted by molar-refractivity contribution is -0.384. The molecule has 2 aromatic rings. The summed E-state index contributed by atoms with van der Waals surface area (Å²) in [6.45, 7) is 2.49. The molecule has 0 spiro atoms. The van der Waals surface area contributed by atoms with Crippen molar-refractivity contribution in [1.29, 1.82) is 0 Å². The number of fused-ring (bicyclic) bond motifs is 1. The molecule has 2 heterocycles. The molecule has 1 aliphatic rings. The largest absolute Gasteiger partial charge is 0.486 e. The van der Waals surface area contributed by atoms with Crippen LogP contribution in [0, 0.1) is 10.1 Å². The van der Waals surface area contributed by atoms with Crippen LogP contribution in [0.4, 0.5) is 23.1 Å². The molecule has 0 amide bonds. The normalized spacial score (nSPS) is 12.3. The monoisotopic (exact) mass is 361 g/mol. The smallest absolute Gasteiger partial charge is 0.364 e. The van der Waals surface area contributed by atoms with Crippen molar-refractivity contribution in [2.75, 3.05) is 30.9 Å². The van der Waals surface area contributed by atoms with Crippen molar-refractivity contribution in [1.82, 2.24) is 9.97 Å². The Bertz CT molecular complexity index is 872. The fraction of sp³-hybridized carbons (Fsp3) is 0.267. The molecule has 0 bridgehead atoms. The lowest BCUT2D eigenvalue weighted by Crippen LogP contribution is -2.16. The van der Waals surface area contributed by atoms with Crippen LogP contribution in [0.3, 0.4) is 0 Å². The zero-order chi connectivity index (χ0) is 18.7. The van der Waals surface area contributed by atoms with Gasteiger partial charge in [0.15, 0.2) is 11.5 Å². The molecule has 1 aromatic heterocycles. The van der Waals surface area contributed by atoms with Gasteiger partial charge in [-0.25, -0.2) is 4.79 Å². The second-order valence-electron chi connectivity index (χ2n) is 5.09. The van der Waals surface area contributed by atoms with E-state index in [-0.39, 0.29) is 12.6 Å². The minimum atomic E-state index is -0.960. The minimum Gasteiger partial charge on any atom is -0.486 e. The number of benzene rings is 1. The molecule has 136 valence electrons. The number of nitrogens with one attached hydrogen (secondary N) is 1. The van der Waals surface area contributed by atoms with Crippen LogP contribution in [0.5, 0.6) is 11.5 Å². The zero-order valence-electron chi connectivity index (χ0n) is 13.7. The Balaban J connectivity index is 1.95. The number of carbonyl (C=O) groups excluding carboxylic acids is 1. The average molecular weight is 361 g/mol. The van der Waals surface area contributed by atoms with Gasteiger partial charge < -0.3 is 25.3 Å². The van der Waals surface area contributed by atoms with E-state index in [9.17, 15) is 14.9 Å². The highest BCUT2D eigenvalue weighted by Crippen LogP contribution is 2.34. The molecular weight excluding hydrogens is 346 g/mol. The third kappa shape index (κ3) is 3.41. The molecule has 0 saturated carbocycles. The molecule has 1 aromatic carbocycles. The summed E-state index contributed by atoms with van der Waals surface area (Å²) in [7, 11) is 0. The van der Waals surface area contributed by atoms with Gasteiger partial charge in [-0.1, -0.05) is 0 Å². The molecule has 0 aliphatic carbocycles. The van der Waals surface area contributed by atoms with Gasteiger partial charge in [0.2, 0.25) is 17.5 Å². The molecule has 26 heavy (non-hydrogen) atoms. The number of nitrogens with zero attached hydrogens (tertiary/aromatic N) is 3. The second-order valence-corrected chi connectivity index (χ2v) is 5.09. The molecule has 3 N–H and O–H groups in total. The predicted octanol–water partition coefficient (Wildman–Crippen LogP) is 1.66. The first kappa shape index (κ1) is 17.2. The molecule has 0 saturated heterocycles. The number of nitrogens with two attached hydrogens (primary N) is 1. The Kier molecular flexibility index (Phi) is 4.69. The van der Waals surface area contributed by atoms with Gasteiger partial charge in [0.1, 0.15) is 13.2 Å². The summed E-state index contributed by atoms with van der Waals surface area (Å²) in [5.41, 5.74) is 4.94. The van der Waals surface area contributed by atoms with E-state index in [1.54, 1.807) is 25.1 Å². The third-order valence-corrected chi connectivity index (χ3v) is 3.36. The maximum absolute atomic E-state index is 12.0. The van der Waals surface area contributed by atoms with Crippen molar-refractivity contribution >= 4 is 29.1 Å². The summed E-state index contributed by atoms with van der Waals surface area (Å²) in [6.07, 6.45) is 0. The first-order chi connectivity index (χ1) is 12.5. The molecule has 3 rings (SSSR count). The topological polar surface area (TPSA) is 152 Å². The standard InChI is InChI=1S/C15H15N5O6/c1-2-24-14(21)11-12(20(22)23)13(16)19-15(18-11)17-8-3-4-9-10(7-8)26-6-5-25-9/h3-4,7H,2,5-6H2,1H3,(H3,16,17,18,19). The lowest BCUT2D eigenvalue weighted by atomic mass is 10.2. The number of rotatable bonds is 5. The fourth-order valence-electron chi connectivity index (χ4n) is 2.30. The van der Waals surface area contributed by atoms with Crippen molar-refractivity contribution < 1.29 is 23.9 Å². The number of nitro groups is 1. The van der Waals surface area contributed by atoms with Crippen LogP contribution in [-0.2, 0) is 4.74 Å². The van der Waals surface area contributed by atoms with Crippen molar-refractivity contribution in [2.45, 2.75) is 6.92 Å². The van der Waals surface area contributed by atoms with Crippen molar-refractivity contribution in [3.63, 3.8) is 0 Å². The first-order valence-corrected chi connectivity index (χ1v) is 7.65. The first-order valence-electron chi connectivity index (χ1n) is 7.65. The van der Waals surface area contributed by atoms with Crippen molar-refractivity contribution in [3.05, 3.63) is 34.0 Å². The summed E-state index contributed by atoms with van der Waals surface area (Å²) in [5.74, 6) is -0.376. The van der Waals surface area contributed by atoms with Gasteiger partial charge in [0, 0.05) is 11.8 Å². The molecule has 0 fully saturated rings.